The molecule has 0 atom stereocenters. The fraction of sp³-hybridized carbons (Fsp3) is 0.464. The topological polar surface area (TPSA) is 59.0 Å². The van der Waals surface area contributed by atoms with Gasteiger partial charge in [0.2, 0.25) is 0 Å². The van der Waals surface area contributed by atoms with Gasteiger partial charge in [0.1, 0.15) is 18.5 Å². The molecule has 0 saturated carbocycles. The molecule has 0 aromatic heterocycles. The zero-order chi connectivity index (χ0) is 26.0. The van der Waals surface area contributed by atoms with Crippen molar-refractivity contribution in [2.75, 3.05) is 19.6 Å². The molecule has 1 heterocycles. The van der Waals surface area contributed by atoms with Gasteiger partial charge in [0, 0.05) is 25.2 Å². The van der Waals surface area contributed by atoms with Crippen LogP contribution in [0.25, 0.3) is 5.57 Å². The summed E-state index contributed by atoms with van der Waals surface area (Å²) in [5.41, 5.74) is 4.90. The first-order chi connectivity index (χ1) is 17.0. The van der Waals surface area contributed by atoms with Gasteiger partial charge in [-0.3, -0.25) is 4.90 Å². The lowest BCUT2D eigenvalue weighted by Gasteiger charge is -2.39. The van der Waals surface area contributed by atoms with E-state index >= 15 is 0 Å². The predicted octanol–water partition coefficient (Wildman–Crippen LogP) is 6.58. The smallest absolute Gasteiger partial charge is 0.489 e. The third kappa shape index (κ3) is 6.22. The van der Waals surface area contributed by atoms with E-state index in [1.165, 1.54) is 23.3 Å². The summed E-state index contributed by atoms with van der Waals surface area (Å²) in [6.07, 6.45) is -3.65. The second kappa shape index (κ2) is 10.5. The Morgan fingerprint density at radius 1 is 1.14 bits per heavy atom. The largest absolute Gasteiger partial charge is 0.506 e. The fourth-order valence-electron chi connectivity index (χ4n) is 5.01. The summed E-state index contributed by atoms with van der Waals surface area (Å²) in [5, 5.41) is 8.71. The minimum absolute atomic E-state index is 0.130. The van der Waals surface area contributed by atoms with Gasteiger partial charge in [0.25, 0.3) is 0 Å². The predicted molar refractivity (Wildman–Crippen MR) is 131 cm³/mol. The standard InChI is InChI=1S/C28H32F3NO4/c1-17(2)10-19-4-5-22(26(11-19)28(29,30)31)16-35-23-8-9-25-18(3)21(7-6-20(25)12-23)13-32-14-24(15-32)36-27(33)34/h4-5,8-9,11-12,17,24H,6-7,10,13-16H2,1-3H3,(H,33,34). The number of halogens is 3. The normalized spacial score (nSPS) is 16.6. The van der Waals surface area contributed by atoms with E-state index in [9.17, 15) is 18.0 Å². The van der Waals surface area contributed by atoms with Crippen LogP contribution in [0.2, 0.25) is 0 Å². The number of likely N-dealkylation sites (tertiary alicyclic amines) is 1. The first-order valence-electron chi connectivity index (χ1n) is 12.2. The summed E-state index contributed by atoms with van der Waals surface area (Å²) in [6, 6.07) is 10.2. The molecule has 2 aliphatic rings. The maximum atomic E-state index is 13.7. The number of carbonyl (C=O) groups is 1. The average molecular weight is 504 g/mol. The lowest BCUT2D eigenvalue weighted by molar-refractivity contribution is -0.138. The van der Waals surface area contributed by atoms with Gasteiger partial charge in [0.15, 0.2) is 0 Å². The average Bonchev–Trinajstić information content (AvgIpc) is 2.77. The van der Waals surface area contributed by atoms with Crippen molar-refractivity contribution in [1.29, 1.82) is 0 Å². The van der Waals surface area contributed by atoms with Gasteiger partial charge in [-0.25, -0.2) is 4.79 Å². The van der Waals surface area contributed by atoms with Crippen molar-refractivity contribution in [2.45, 2.75) is 58.9 Å². The lowest BCUT2D eigenvalue weighted by Crippen LogP contribution is -2.53. The Labute approximate surface area is 209 Å². The highest BCUT2D eigenvalue weighted by Crippen LogP contribution is 2.36. The van der Waals surface area contributed by atoms with Crippen molar-refractivity contribution in [3.05, 3.63) is 69.8 Å². The van der Waals surface area contributed by atoms with Crippen molar-refractivity contribution in [3.63, 3.8) is 0 Å². The molecule has 1 aliphatic carbocycles. The molecule has 4 rings (SSSR count). The summed E-state index contributed by atoms with van der Waals surface area (Å²) in [7, 11) is 0. The number of aryl methyl sites for hydroxylation is 1. The van der Waals surface area contributed by atoms with Gasteiger partial charge >= 0.3 is 12.3 Å². The van der Waals surface area contributed by atoms with Crippen molar-refractivity contribution >= 4 is 11.7 Å². The first kappa shape index (κ1) is 26.1. The Morgan fingerprint density at radius 2 is 1.89 bits per heavy atom. The minimum Gasteiger partial charge on any atom is -0.489 e. The molecule has 2 aromatic carbocycles. The van der Waals surface area contributed by atoms with Gasteiger partial charge in [-0.2, -0.15) is 13.2 Å². The van der Waals surface area contributed by atoms with E-state index in [1.807, 2.05) is 32.0 Å². The SMILES string of the molecule is CC1=C(CN2CC(OC(=O)O)C2)CCc2cc(OCc3ccc(CC(C)C)cc3C(F)(F)F)ccc21. The molecule has 0 bridgehead atoms. The van der Waals surface area contributed by atoms with E-state index in [1.54, 1.807) is 6.07 Å². The molecule has 1 aliphatic heterocycles. The van der Waals surface area contributed by atoms with Crippen LogP contribution < -0.4 is 4.74 Å². The maximum absolute atomic E-state index is 13.7. The van der Waals surface area contributed by atoms with Crippen LogP contribution in [0.4, 0.5) is 18.0 Å². The third-order valence-electron chi connectivity index (χ3n) is 6.83. The number of hydrogen-bond donors (Lipinski definition) is 1. The summed E-state index contributed by atoms with van der Waals surface area (Å²) in [6.45, 7) is 7.87. The van der Waals surface area contributed by atoms with Gasteiger partial charge in [0.05, 0.1) is 5.56 Å². The number of alkyl halides is 3. The summed E-state index contributed by atoms with van der Waals surface area (Å²) >= 11 is 0. The zero-order valence-electron chi connectivity index (χ0n) is 20.8. The maximum Gasteiger partial charge on any atom is 0.506 e. The molecular weight excluding hydrogens is 471 g/mol. The molecule has 2 aromatic rings. The fourth-order valence-corrected chi connectivity index (χ4v) is 5.01. The number of ether oxygens (including phenoxy) is 2. The molecule has 0 spiro atoms. The van der Waals surface area contributed by atoms with Crippen molar-refractivity contribution in [2.24, 2.45) is 5.92 Å². The zero-order valence-corrected chi connectivity index (χ0v) is 20.8. The number of fused-ring (bicyclic) bond motifs is 1. The quantitative estimate of drug-likeness (QED) is 0.412. The highest BCUT2D eigenvalue weighted by Gasteiger charge is 2.34. The van der Waals surface area contributed by atoms with Gasteiger partial charge in [-0.1, -0.05) is 37.6 Å². The third-order valence-corrected chi connectivity index (χ3v) is 6.83. The van der Waals surface area contributed by atoms with Crippen LogP contribution in [0.1, 0.15) is 55.0 Å². The van der Waals surface area contributed by atoms with Crippen molar-refractivity contribution in [1.82, 2.24) is 4.90 Å². The molecule has 36 heavy (non-hydrogen) atoms. The highest BCUT2D eigenvalue weighted by atomic mass is 19.4. The first-order valence-corrected chi connectivity index (χ1v) is 12.2. The summed E-state index contributed by atoms with van der Waals surface area (Å²) in [4.78, 5) is 12.8. The van der Waals surface area contributed by atoms with Gasteiger partial charge in [-0.15, -0.1) is 0 Å². The Kier molecular flexibility index (Phi) is 7.64. The van der Waals surface area contributed by atoms with Crippen LogP contribution in [0.5, 0.6) is 5.75 Å². The molecule has 0 amide bonds. The Morgan fingerprint density at radius 3 is 2.56 bits per heavy atom. The Balaban J connectivity index is 1.42. The van der Waals surface area contributed by atoms with E-state index in [-0.39, 0.29) is 24.2 Å². The van der Waals surface area contributed by atoms with Crippen molar-refractivity contribution in [3.8, 4) is 5.75 Å². The van der Waals surface area contributed by atoms with E-state index in [2.05, 4.69) is 11.8 Å². The molecule has 1 saturated heterocycles. The lowest BCUT2D eigenvalue weighted by atomic mass is 9.85. The molecule has 8 heteroatoms. The molecule has 1 fully saturated rings. The highest BCUT2D eigenvalue weighted by molar-refractivity contribution is 5.72. The number of allylic oxidation sites excluding steroid dienone is 1. The molecule has 194 valence electrons. The second-order valence-corrected chi connectivity index (χ2v) is 10.1. The molecular formula is C28H32F3NO4. The molecule has 1 N–H and O–H groups in total. The van der Waals surface area contributed by atoms with Crippen LogP contribution in [-0.2, 0) is 30.4 Å². The van der Waals surface area contributed by atoms with Gasteiger partial charge < -0.3 is 14.6 Å². The van der Waals surface area contributed by atoms with E-state index in [0.29, 0.717) is 30.8 Å². The van der Waals surface area contributed by atoms with Crippen LogP contribution >= 0.6 is 0 Å². The molecule has 0 unspecified atom stereocenters. The number of rotatable bonds is 8. The monoisotopic (exact) mass is 503 g/mol. The van der Waals surface area contributed by atoms with Crippen LogP contribution in [0, 0.1) is 5.92 Å². The molecule has 0 radical (unpaired) electrons. The number of hydrogen-bond acceptors (Lipinski definition) is 4. The number of nitrogens with zero attached hydrogens (tertiary/aromatic N) is 1. The Bertz CT molecular complexity index is 1150. The number of benzene rings is 2. The Hall–Kier alpha value is -3.00. The van der Waals surface area contributed by atoms with Crippen LogP contribution in [0.15, 0.2) is 42.0 Å². The molecule has 5 nitrogen and oxygen atoms in total. The minimum atomic E-state index is -4.43. The summed E-state index contributed by atoms with van der Waals surface area (Å²) < 4.78 is 51.7. The van der Waals surface area contributed by atoms with Crippen LogP contribution in [-0.4, -0.2) is 41.9 Å². The summed E-state index contributed by atoms with van der Waals surface area (Å²) in [5.74, 6) is 0.830. The van der Waals surface area contributed by atoms with Crippen molar-refractivity contribution < 1.29 is 32.5 Å². The van der Waals surface area contributed by atoms with E-state index in [0.717, 1.165) is 30.5 Å². The van der Waals surface area contributed by atoms with E-state index in [4.69, 9.17) is 14.6 Å². The van der Waals surface area contributed by atoms with E-state index < -0.39 is 17.9 Å². The number of carboxylic acid groups (broad SMARTS) is 1. The van der Waals surface area contributed by atoms with Gasteiger partial charge in [-0.05, 0) is 72.6 Å². The second-order valence-electron chi connectivity index (χ2n) is 10.1. The van der Waals surface area contributed by atoms with Crippen LogP contribution in [0.3, 0.4) is 0 Å².